The molecule has 3 amide bonds. The maximum Gasteiger partial charge on any atom is 0.312 e. The van der Waals surface area contributed by atoms with Crippen LogP contribution in [0.15, 0.2) is 30.3 Å². The predicted octanol–water partition coefficient (Wildman–Crippen LogP) is 0.540. The molecule has 1 aromatic carbocycles. The quantitative estimate of drug-likeness (QED) is 0.809. The number of rotatable bonds is 2. The molecule has 0 saturated carbocycles. The lowest BCUT2D eigenvalue weighted by atomic mass is 10.0. The number of piperazine rings is 1. The standard InChI is InChI=1S/C16H21N3O3/c1-11(2)15(21)18-8-9-19(16(22)14(17)20)13(10-18)12-6-4-3-5-7-12/h3-7,11,13H,8-10H2,1-2H3,(H2,17,20)/t13-/m1/s1. The van der Waals surface area contributed by atoms with Crippen molar-refractivity contribution >= 4 is 17.7 Å². The number of primary amides is 1. The molecule has 22 heavy (non-hydrogen) atoms. The van der Waals surface area contributed by atoms with Gasteiger partial charge in [0, 0.05) is 25.6 Å². The van der Waals surface area contributed by atoms with Gasteiger partial charge in [0.15, 0.2) is 0 Å². The first-order chi connectivity index (χ1) is 10.4. The predicted molar refractivity (Wildman–Crippen MR) is 81.5 cm³/mol. The second-order valence-electron chi connectivity index (χ2n) is 5.73. The molecule has 118 valence electrons. The van der Waals surface area contributed by atoms with Crippen molar-refractivity contribution in [2.45, 2.75) is 19.9 Å². The fourth-order valence-electron chi connectivity index (χ4n) is 2.69. The Hall–Kier alpha value is -2.37. The Bertz CT molecular complexity index is 571. The van der Waals surface area contributed by atoms with Crippen molar-refractivity contribution < 1.29 is 14.4 Å². The monoisotopic (exact) mass is 303 g/mol. The number of benzene rings is 1. The van der Waals surface area contributed by atoms with Gasteiger partial charge in [-0.05, 0) is 5.56 Å². The van der Waals surface area contributed by atoms with Crippen LogP contribution < -0.4 is 5.73 Å². The van der Waals surface area contributed by atoms with Gasteiger partial charge in [-0.2, -0.15) is 0 Å². The first kappa shape index (κ1) is 16.0. The molecule has 2 N–H and O–H groups in total. The summed E-state index contributed by atoms with van der Waals surface area (Å²) < 4.78 is 0. The SMILES string of the molecule is CC(C)C(=O)N1CCN(C(=O)C(N)=O)[C@@H](c2ccccc2)C1. The van der Waals surface area contributed by atoms with Gasteiger partial charge in [0.05, 0.1) is 6.04 Å². The summed E-state index contributed by atoms with van der Waals surface area (Å²) in [4.78, 5) is 38.7. The van der Waals surface area contributed by atoms with Crippen LogP contribution in [0.1, 0.15) is 25.5 Å². The van der Waals surface area contributed by atoms with Crippen LogP contribution in [-0.4, -0.2) is 47.2 Å². The van der Waals surface area contributed by atoms with Crippen LogP contribution in [0, 0.1) is 5.92 Å². The molecule has 1 saturated heterocycles. The molecular formula is C16H21N3O3. The number of hydrogen-bond donors (Lipinski definition) is 1. The van der Waals surface area contributed by atoms with Crippen LogP contribution in [0.2, 0.25) is 0 Å². The lowest BCUT2D eigenvalue weighted by Crippen LogP contribution is -2.55. The van der Waals surface area contributed by atoms with Gasteiger partial charge >= 0.3 is 11.8 Å². The Morgan fingerprint density at radius 1 is 1.14 bits per heavy atom. The molecule has 1 heterocycles. The van der Waals surface area contributed by atoms with Gasteiger partial charge in [0.1, 0.15) is 0 Å². The second-order valence-corrected chi connectivity index (χ2v) is 5.73. The average Bonchev–Trinajstić information content (AvgIpc) is 2.53. The summed E-state index contributed by atoms with van der Waals surface area (Å²) in [7, 11) is 0. The van der Waals surface area contributed by atoms with Crippen LogP contribution in [0.3, 0.4) is 0 Å². The molecule has 0 aliphatic carbocycles. The van der Waals surface area contributed by atoms with Crippen molar-refractivity contribution in [3.05, 3.63) is 35.9 Å². The lowest BCUT2D eigenvalue weighted by Gasteiger charge is -2.41. The highest BCUT2D eigenvalue weighted by molar-refractivity contribution is 6.34. The Labute approximate surface area is 129 Å². The molecule has 1 aliphatic heterocycles. The van der Waals surface area contributed by atoms with Crippen LogP contribution >= 0.6 is 0 Å². The number of hydrogen-bond acceptors (Lipinski definition) is 3. The molecule has 6 nitrogen and oxygen atoms in total. The minimum absolute atomic E-state index is 0.0482. The number of nitrogens with two attached hydrogens (primary N) is 1. The summed E-state index contributed by atoms with van der Waals surface area (Å²) >= 11 is 0. The van der Waals surface area contributed by atoms with Crippen LogP contribution in [0.5, 0.6) is 0 Å². The zero-order valence-electron chi connectivity index (χ0n) is 12.9. The van der Waals surface area contributed by atoms with Gasteiger partial charge in [-0.1, -0.05) is 44.2 Å². The molecule has 6 heteroatoms. The Balaban J connectivity index is 2.28. The van der Waals surface area contributed by atoms with E-state index in [1.807, 2.05) is 44.2 Å². The summed E-state index contributed by atoms with van der Waals surface area (Å²) in [5.74, 6) is -1.73. The van der Waals surface area contributed by atoms with E-state index in [0.717, 1.165) is 5.56 Å². The van der Waals surface area contributed by atoms with Crippen LogP contribution in [-0.2, 0) is 14.4 Å². The van der Waals surface area contributed by atoms with Crippen molar-refractivity contribution in [1.82, 2.24) is 9.80 Å². The zero-order valence-corrected chi connectivity index (χ0v) is 12.9. The largest absolute Gasteiger partial charge is 0.361 e. The van der Waals surface area contributed by atoms with Crippen molar-refractivity contribution in [2.24, 2.45) is 11.7 Å². The topological polar surface area (TPSA) is 83.7 Å². The van der Waals surface area contributed by atoms with Gasteiger partial charge < -0.3 is 15.5 Å². The van der Waals surface area contributed by atoms with E-state index in [1.54, 1.807) is 4.90 Å². The highest BCUT2D eigenvalue weighted by Crippen LogP contribution is 2.26. The first-order valence-corrected chi connectivity index (χ1v) is 7.36. The van der Waals surface area contributed by atoms with E-state index in [2.05, 4.69) is 0 Å². The maximum atomic E-state index is 12.2. The lowest BCUT2D eigenvalue weighted by molar-refractivity contribution is -0.150. The second kappa shape index (κ2) is 6.60. The smallest absolute Gasteiger partial charge is 0.312 e. The van der Waals surface area contributed by atoms with Crippen LogP contribution in [0.25, 0.3) is 0 Å². The molecule has 1 fully saturated rings. The van der Waals surface area contributed by atoms with E-state index < -0.39 is 11.8 Å². The summed E-state index contributed by atoms with van der Waals surface area (Å²) in [5, 5.41) is 0. The third-order valence-electron chi connectivity index (χ3n) is 3.84. The zero-order chi connectivity index (χ0) is 16.3. The van der Waals surface area contributed by atoms with Crippen molar-refractivity contribution in [2.75, 3.05) is 19.6 Å². The summed E-state index contributed by atoms with van der Waals surface area (Å²) in [6.45, 7) is 4.79. The highest BCUT2D eigenvalue weighted by atomic mass is 16.2. The molecule has 1 aromatic rings. The van der Waals surface area contributed by atoms with E-state index in [0.29, 0.717) is 19.6 Å². The fraction of sp³-hybridized carbons (Fsp3) is 0.438. The van der Waals surface area contributed by atoms with Crippen molar-refractivity contribution in [1.29, 1.82) is 0 Å². The van der Waals surface area contributed by atoms with Crippen molar-refractivity contribution in [3.63, 3.8) is 0 Å². The number of nitrogens with zero attached hydrogens (tertiary/aromatic N) is 2. The summed E-state index contributed by atoms with van der Waals surface area (Å²) in [6, 6.07) is 9.03. The summed E-state index contributed by atoms with van der Waals surface area (Å²) in [5.41, 5.74) is 6.03. The normalized spacial score (nSPS) is 18.4. The molecule has 0 aromatic heterocycles. The Morgan fingerprint density at radius 3 is 2.32 bits per heavy atom. The van der Waals surface area contributed by atoms with E-state index in [9.17, 15) is 14.4 Å². The Morgan fingerprint density at radius 2 is 1.77 bits per heavy atom. The number of carbonyl (C=O) groups is 3. The first-order valence-electron chi connectivity index (χ1n) is 7.36. The van der Waals surface area contributed by atoms with E-state index in [-0.39, 0.29) is 17.9 Å². The average molecular weight is 303 g/mol. The van der Waals surface area contributed by atoms with Gasteiger partial charge in [-0.3, -0.25) is 14.4 Å². The van der Waals surface area contributed by atoms with Crippen molar-refractivity contribution in [3.8, 4) is 0 Å². The Kier molecular flexibility index (Phi) is 4.80. The number of amides is 3. The fourth-order valence-corrected chi connectivity index (χ4v) is 2.69. The van der Waals surface area contributed by atoms with E-state index in [1.165, 1.54) is 4.90 Å². The van der Waals surface area contributed by atoms with Gasteiger partial charge in [0.2, 0.25) is 5.91 Å². The molecule has 0 spiro atoms. The highest BCUT2D eigenvalue weighted by Gasteiger charge is 2.35. The summed E-state index contributed by atoms with van der Waals surface area (Å²) in [6.07, 6.45) is 0. The minimum Gasteiger partial charge on any atom is -0.361 e. The van der Waals surface area contributed by atoms with Gasteiger partial charge in [-0.25, -0.2) is 0 Å². The third-order valence-corrected chi connectivity index (χ3v) is 3.84. The minimum atomic E-state index is -0.968. The molecule has 0 bridgehead atoms. The molecular weight excluding hydrogens is 282 g/mol. The molecule has 1 atom stereocenters. The van der Waals surface area contributed by atoms with E-state index in [4.69, 9.17) is 5.73 Å². The van der Waals surface area contributed by atoms with Gasteiger partial charge in [-0.15, -0.1) is 0 Å². The third kappa shape index (κ3) is 3.27. The molecule has 2 rings (SSSR count). The number of carbonyl (C=O) groups excluding carboxylic acids is 3. The van der Waals surface area contributed by atoms with E-state index >= 15 is 0 Å². The molecule has 1 aliphatic rings. The molecule has 0 unspecified atom stereocenters. The van der Waals surface area contributed by atoms with Gasteiger partial charge in [0.25, 0.3) is 0 Å². The maximum absolute atomic E-state index is 12.2. The van der Waals surface area contributed by atoms with Crippen LogP contribution in [0.4, 0.5) is 0 Å². The molecule has 0 radical (unpaired) electrons.